The molecule has 3 rings (SSSR count). The Labute approximate surface area is 203 Å². The lowest BCUT2D eigenvalue weighted by Gasteiger charge is -2.14. The number of carbonyl (C=O) groups is 1. The molecule has 0 aliphatic rings. The average Bonchev–Trinajstić information content (AvgIpc) is 2.89. The van der Waals surface area contributed by atoms with E-state index in [-0.39, 0.29) is 6.42 Å². The third-order valence-electron chi connectivity index (χ3n) is 5.05. The molecule has 3 aromatic rings. The van der Waals surface area contributed by atoms with Crippen molar-refractivity contribution in [2.75, 3.05) is 14.2 Å². The average molecular weight is 475 g/mol. The minimum Gasteiger partial charge on any atom is -0.496 e. The van der Waals surface area contributed by atoms with E-state index in [1.165, 1.54) is 14.2 Å². The van der Waals surface area contributed by atoms with Crippen LogP contribution in [0.4, 0.5) is 0 Å². The third-order valence-corrected chi connectivity index (χ3v) is 5.05. The van der Waals surface area contributed by atoms with Gasteiger partial charge in [0.1, 0.15) is 35.8 Å². The number of nitriles is 1. The van der Waals surface area contributed by atoms with E-state index in [0.29, 0.717) is 35.1 Å². The van der Waals surface area contributed by atoms with Crippen molar-refractivity contribution in [2.24, 2.45) is 0 Å². The van der Waals surface area contributed by atoms with Crippen molar-refractivity contribution >= 4 is 11.7 Å². The van der Waals surface area contributed by atoms with Crippen LogP contribution in [-0.4, -0.2) is 25.3 Å². The lowest BCUT2D eigenvalue weighted by molar-refractivity contribution is -0.137. The van der Waals surface area contributed by atoms with E-state index in [2.05, 4.69) is 5.48 Å². The lowest BCUT2D eigenvalue weighted by atomic mass is 9.96. The molecule has 0 aromatic heterocycles. The van der Waals surface area contributed by atoms with Gasteiger partial charge in [-0.15, -0.1) is 0 Å². The Balaban J connectivity index is 1.63. The summed E-state index contributed by atoms with van der Waals surface area (Å²) >= 11 is 0. The summed E-state index contributed by atoms with van der Waals surface area (Å²) in [6, 6.07) is 24.1. The molecule has 0 bridgehead atoms. The molecule has 0 aliphatic heterocycles. The molecule has 0 radical (unpaired) electrons. The molecule has 8 nitrogen and oxygen atoms in total. The number of nitrogens with one attached hydrogen (secondary N) is 1. The van der Waals surface area contributed by atoms with E-state index < -0.39 is 11.9 Å². The first-order valence-electron chi connectivity index (χ1n) is 10.8. The normalized spacial score (nSPS) is 11.7. The lowest BCUT2D eigenvalue weighted by Crippen LogP contribution is -2.11. The fourth-order valence-corrected chi connectivity index (χ4v) is 3.31. The van der Waals surface area contributed by atoms with Crippen LogP contribution in [0.3, 0.4) is 0 Å². The number of ether oxygens (including phenoxy) is 3. The number of carboxylic acid groups (broad SMARTS) is 1. The van der Waals surface area contributed by atoms with Crippen LogP contribution in [0.5, 0.6) is 17.2 Å². The van der Waals surface area contributed by atoms with Crippen molar-refractivity contribution < 1.29 is 28.9 Å². The molecule has 1 unspecified atom stereocenters. The van der Waals surface area contributed by atoms with Gasteiger partial charge in [0.2, 0.25) is 0 Å². The molecule has 35 heavy (non-hydrogen) atoms. The second-order valence-electron chi connectivity index (χ2n) is 7.44. The summed E-state index contributed by atoms with van der Waals surface area (Å²) < 4.78 is 17.0. The summed E-state index contributed by atoms with van der Waals surface area (Å²) in [5, 5.41) is 18.3. The quantitative estimate of drug-likeness (QED) is 0.282. The summed E-state index contributed by atoms with van der Waals surface area (Å²) in [6.45, 7) is 0.302. The predicted molar refractivity (Wildman–Crippen MR) is 130 cm³/mol. The van der Waals surface area contributed by atoms with E-state index in [9.17, 15) is 10.1 Å². The zero-order chi connectivity index (χ0) is 25.0. The van der Waals surface area contributed by atoms with Crippen molar-refractivity contribution in [3.63, 3.8) is 0 Å². The first-order valence-corrected chi connectivity index (χ1v) is 10.8. The molecule has 0 spiro atoms. The van der Waals surface area contributed by atoms with Crippen molar-refractivity contribution in [3.05, 3.63) is 95.7 Å². The molecule has 8 heteroatoms. The number of rotatable bonds is 12. The van der Waals surface area contributed by atoms with Crippen molar-refractivity contribution in [1.82, 2.24) is 5.48 Å². The van der Waals surface area contributed by atoms with Gasteiger partial charge in [0, 0.05) is 17.2 Å². The van der Waals surface area contributed by atoms with E-state index in [1.54, 1.807) is 24.5 Å². The molecule has 0 saturated heterocycles. The van der Waals surface area contributed by atoms with Crippen LogP contribution in [-0.2, 0) is 16.2 Å². The molecule has 3 aromatic carbocycles. The van der Waals surface area contributed by atoms with E-state index in [4.69, 9.17) is 24.2 Å². The van der Waals surface area contributed by atoms with Crippen LogP contribution < -0.4 is 19.7 Å². The Morgan fingerprint density at radius 3 is 2.40 bits per heavy atom. The fraction of sp³-hybridized carbons (Fsp3) is 0.185. The molecule has 2 N–H and O–H groups in total. The Hall–Kier alpha value is -4.48. The van der Waals surface area contributed by atoms with Gasteiger partial charge in [-0.3, -0.25) is 15.1 Å². The fourth-order valence-electron chi connectivity index (χ4n) is 3.31. The van der Waals surface area contributed by atoms with Crippen molar-refractivity contribution in [2.45, 2.75) is 18.9 Å². The number of hydrogen-bond donors (Lipinski definition) is 2. The maximum atomic E-state index is 11.0. The summed E-state index contributed by atoms with van der Waals surface area (Å²) in [4.78, 5) is 16.1. The summed E-state index contributed by atoms with van der Waals surface area (Å²) in [5.41, 5.74) is 5.84. The van der Waals surface area contributed by atoms with Crippen LogP contribution in [0.15, 0.2) is 79.1 Å². The van der Waals surface area contributed by atoms with Gasteiger partial charge in [-0.25, -0.2) is 0 Å². The van der Waals surface area contributed by atoms with E-state index in [1.807, 2.05) is 60.7 Å². The second kappa shape index (κ2) is 12.7. The number of methoxy groups -OCH3 is 1. The monoisotopic (exact) mass is 474 g/mol. The molecular formula is C27H26N2O6. The Bertz CT molecular complexity index is 1190. The first-order chi connectivity index (χ1) is 17.0. The zero-order valence-electron chi connectivity index (χ0n) is 19.4. The maximum Gasteiger partial charge on any atom is 0.305 e. The van der Waals surface area contributed by atoms with Crippen molar-refractivity contribution in [1.29, 1.82) is 5.26 Å². The molecule has 0 aliphatic carbocycles. The van der Waals surface area contributed by atoms with Crippen LogP contribution >= 0.6 is 0 Å². The number of benzene rings is 3. The topological polar surface area (TPSA) is 110 Å². The first kappa shape index (κ1) is 25.1. The Kier molecular flexibility index (Phi) is 9.11. The number of carboxylic acids is 1. The second-order valence-corrected chi connectivity index (χ2v) is 7.44. The highest BCUT2D eigenvalue weighted by atomic mass is 16.6. The number of hydroxylamine groups is 1. The number of aliphatic carboxylic acids is 1. The van der Waals surface area contributed by atoms with Gasteiger partial charge in [0.05, 0.1) is 32.6 Å². The van der Waals surface area contributed by atoms with Gasteiger partial charge in [0.25, 0.3) is 0 Å². The highest BCUT2D eigenvalue weighted by Gasteiger charge is 2.19. The van der Waals surface area contributed by atoms with Crippen LogP contribution in [0.1, 0.15) is 29.0 Å². The minimum absolute atomic E-state index is 0.301. The van der Waals surface area contributed by atoms with E-state index in [0.717, 1.165) is 11.1 Å². The largest absolute Gasteiger partial charge is 0.496 e. The maximum absolute atomic E-state index is 11.0. The van der Waals surface area contributed by atoms with Gasteiger partial charge in [-0.05, 0) is 23.8 Å². The minimum atomic E-state index is -1.05. The van der Waals surface area contributed by atoms with Gasteiger partial charge in [-0.1, -0.05) is 48.5 Å². The van der Waals surface area contributed by atoms with E-state index >= 15 is 0 Å². The molecule has 1 atom stereocenters. The highest BCUT2D eigenvalue weighted by molar-refractivity contribution is 5.69. The van der Waals surface area contributed by atoms with Crippen molar-refractivity contribution in [3.8, 4) is 23.3 Å². The Morgan fingerprint density at radius 1 is 1.06 bits per heavy atom. The predicted octanol–water partition coefficient (Wildman–Crippen LogP) is 4.88. The number of nitrogens with zero attached hydrogens (tertiary/aromatic N) is 1. The molecular weight excluding hydrogens is 448 g/mol. The molecule has 0 fully saturated rings. The molecule has 0 heterocycles. The third kappa shape index (κ3) is 7.25. The smallest absolute Gasteiger partial charge is 0.305 e. The molecule has 0 saturated carbocycles. The Morgan fingerprint density at radius 2 is 1.77 bits per heavy atom. The molecule has 180 valence electrons. The van der Waals surface area contributed by atoms with Crippen LogP contribution in [0, 0.1) is 11.3 Å². The number of hydrogen-bond acceptors (Lipinski definition) is 7. The van der Waals surface area contributed by atoms with Gasteiger partial charge < -0.3 is 19.3 Å². The zero-order valence-corrected chi connectivity index (χ0v) is 19.4. The SMILES string of the molecule is CONC(=COc1ccc(COc2ccc(C(C#N)CC(=O)O)c(OC)c2)cc1)c1ccccc1. The van der Waals surface area contributed by atoms with Gasteiger partial charge >= 0.3 is 5.97 Å². The summed E-state index contributed by atoms with van der Waals surface area (Å²) in [5.74, 6) is -0.261. The van der Waals surface area contributed by atoms with Gasteiger partial charge in [0.15, 0.2) is 0 Å². The highest BCUT2D eigenvalue weighted by Crippen LogP contribution is 2.32. The van der Waals surface area contributed by atoms with Crippen LogP contribution in [0.25, 0.3) is 5.70 Å². The standard InChI is InChI=1S/C27H26N2O6/c1-32-26-15-23(12-13-24(26)21(16-28)14-27(30)31)34-17-19-8-10-22(11-9-19)35-18-25(29-33-2)20-6-4-3-5-7-20/h3-13,15,18,21,29H,14,17H2,1-2H3,(H,30,31). The summed E-state index contributed by atoms with van der Waals surface area (Å²) in [7, 11) is 3.00. The molecule has 0 amide bonds. The van der Waals surface area contributed by atoms with Gasteiger partial charge in [-0.2, -0.15) is 5.26 Å². The van der Waals surface area contributed by atoms with Crippen LogP contribution in [0.2, 0.25) is 0 Å². The summed E-state index contributed by atoms with van der Waals surface area (Å²) in [6.07, 6.45) is 1.28.